The number of hydrogen-bond donors (Lipinski definition) is 1. The van der Waals surface area contributed by atoms with Crippen molar-refractivity contribution in [2.45, 2.75) is 18.9 Å². The van der Waals surface area contributed by atoms with Crippen LogP contribution in [0.4, 0.5) is 11.5 Å². The first-order chi connectivity index (χ1) is 7.38. The van der Waals surface area contributed by atoms with E-state index in [1.807, 2.05) is 6.07 Å². The minimum Gasteiger partial charge on any atom is -0.481 e. The lowest BCUT2D eigenvalue weighted by Gasteiger charge is -2.31. The number of hydrogen-bond acceptors (Lipinski definition) is 4. The highest BCUT2D eigenvalue weighted by Crippen LogP contribution is 2.37. The Morgan fingerprint density at radius 1 is 1.47 bits per heavy atom. The van der Waals surface area contributed by atoms with Crippen LogP contribution in [-0.2, 0) is 0 Å². The van der Waals surface area contributed by atoms with E-state index >= 15 is 0 Å². The number of methoxy groups -OCH3 is 1. The number of rotatable bonds is 2. The second kappa shape index (κ2) is 3.29. The molecule has 1 aromatic rings. The van der Waals surface area contributed by atoms with Gasteiger partial charge in [0.05, 0.1) is 12.8 Å². The Bertz CT molecular complexity index is 376. The molecule has 4 heteroatoms. The average Bonchev–Trinajstić information content (AvgIpc) is 3.11. The highest BCUT2D eigenvalue weighted by molar-refractivity contribution is 5.69. The fraction of sp³-hybridized carbons (Fsp3) is 0.545. The first-order valence-corrected chi connectivity index (χ1v) is 5.44. The van der Waals surface area contributed by atoms with E-state index in [0.29, 0.717) is 11.9 Å². The van der Waals surface area contributed by atoms with Crippen molar-refractivity contribution in [3.05, 3.63) is 12.1 Å². The van der Waals surface area contributed by atoms with Gasteiger partial charge in [0.15, 0.2) is 5.82 Å². The maximum atomic E-state index is 5.16. The molecule has 1 aromatic heterocycles. The summed E-state index contributed by atoms with van der Waals surface area (Å²) >= 11 is 0. The molecule has 0 bridgehead atoms. The van der Waals surface area contributed by atoms with Gasteiger partial charge in [0.25, 0.3) is 0 Å². The van der Waals surface area contributed by atoms with Crippen molar-refractivity contribution in [2.24, 2.45) is 0 Å². The van der Waals surface area contributed by atoms with Gasteiger partial charge in [-0.25, -0.2) is 0 Å². The molecule has 15 heavy (non-hydrogen) atoms. The average molecular weight is 205 g/mol. The topological polar surface area (TPSA) is 37.4 Å². The lowest BCUT2D eigenvalue weighted by Crippen LogP contribution is -2.36. The molecule has 80 valence electrons. The van der Waals surface area contributed by atoms with Crippen molar-refractivity contribution in [2.75, 3.05) is 30.4 Å². The van der Waals surface area contributed by atoms with Crippen LogP contribution < -0.4 is 15.0 Å². The molecule has 0 amide bonds. The fourth-order valence-corrected chi connectivity index (χ4v) is 2.06. The van der Waals surface area contributed by atoms with Crippen LogP contribution in [0.25, 0.3) is 0 Å². The van der Waals surface area contributed by atoms with E-state index in [9.17, 15) is 0 Å². The van der Waals surface area contributed by atoms with E-state index < -0.39 is 0 Å². The summed E-state index contributed by atoms with van der Waals surface area (Å²) in [6.07, 6.45) is 2.61. The van der Waals surface area contributed by atoms with Gasteiger partial charge in [0.1, 0.15) is 0 Å². The summed E-state index contributed by atoms with van der Waals surface area (Å²) in [6.45, 7) is 2.06. The van der Waals surface area contributed by atoms with Gasteiger partial charge >= 0.3 is 0 Å². The Morgan fingerprint density at radius 3 is 3.07 bits per heavy atom. The summed E-state index contributed by atoms with van der Waals surface area (Å²) < 4.78 is 5.16. The number of fused-ring (bicyclic) bond motifs is 1. The molecule has 0 spiro atoms. The van der Waals surface area contributed by atoms with Gasteiger partial charge in [0.2, 0.25) is 5.88 Å². The highest BCUT2D eigenvalue weighted by Gasteiger charge is 2.33. The van der Waals surface area contributed by atoms with Crippen LogP contribution in [0.5, 0.6) is 5.88 Å². The van der Waals surface area contributed by atoms with Gasteiger partial charge in [-0.2, -0.15) is 4.98 Å². The third-order valence-electron chi connectivity index (χ3n) is 2.99. The number of pyridine rings is 1. The number of anilines is 2. The Balaban J connectivity index is 1.99. The van der Waals surface area contributed by atoms with Crippen molar-refractivity contribution >= 4 is 11.5 Å². The van der Waals surface area contributed by atoms with Crippen molar-refractivity contribution < 1.29 is 4.74 Å². The maximum absolute atomic E-state index is 5.16. The molecule has 0 radical (unpaired) electrons. The first kappa shape index (κ1) is 8.83. The molecule has 0 aromatic carbocycles. The third kappa shape index (κ3) is 1.50. The zero-order chi connectivity index (χ0) is 10.3. The molecule has 4 nitrogen and oxygen atoms in total. The number of nitrogens with zero attached hydrogens (tertiary/aromatic N) is 2. The summed E-state index contributed by atoms with van der Waals surface area (Å²) in [5.74, 6) is 1.76. The molecular weight excluding hydrogens is 190 g/mol. The normalized spacial score (nSPS) is 19.4. The molecule has 0 unspecified atom stereocenters. The zero-order valence-corrected chi connectivity index (χ0v) is 8.86. The minimum absolute atomic E-state index is 0.697. The molecule has 2 heterocycles. The number of nitrogens with one attached hydrogen (secondary N) is 1. The standard InChI is InChI=1S/C11H15N3O/c1-15-10-5-4-9-11(13-10)14(7-6-12-9)8-2-3-8/h4-5,8,12H,2-3,6-7H2,1H3. The van der Waals surface area contributed by atoms with E-state index in [2.05, 4.69) is 21.3 Å². The zero-order valence-electron chi connectivity index (χ0n) is 8.86. The molecule has 3 rings (SSSR count). The van der Waals surface area contributed by atoms with E-state index in [1.165, 1.54) is 12.8 Å². The van der Waals surface area contributed by atoms with Crippen molar-refractivity contribution in [1.29, 1.82) is 0 Å². The second-order valence-electron chi connectivity index (χ2n) is 4.08. The summed E-state index contributed by atoms with van der Waals surface area (Å²) in [5, 5.41) is 3.37. The van der Waals surface area contributed by atoms with E-state index in [4.69, 9.17) is 4.74 Å². The van der Waals surface area contributed by atoms with Crippen LogP contribution >= 0.6 is 0 Å². The van der Waals surface area contributed by atoms with Crippen LogP contribution in [0.3, 0.4) is 0 Å². The van der Waals surface area contributed by atoms with Gasteiger partial charge in [-0.05, 0) is 18.9 Å². The van der Waals surface area contributed by atoms with Crippen molar-refractivity contribution in [3.8, 4) is 5.88 Å². The minimum atomic E-state index is 0.697. The van der Waals surface area contributed by atoms with Gasteiger partial charge < -0.3 is 15.0 Å². The van der Waals surface area contributed by atoms with Crippen molar-refractivity contribution in [1.82, 2.24) is 4.98 Å². The van der Waals surface area contributed by atoms with Crippen LogP contribution in [0.1, 0.15) is 12.8 Å². The number of aromatic nitrogens is 1. The van der Waals surface area contributed by atoms with Gasteiger partial charge in [-0.15, -0.1) is 0 Å². The molecule has 1 saturated carbocycles. The van der Waals surface area contributed by atoms with Crippen LogP contribution in [0.2, 0.25) is 0 Å². The largest absolute Gasteiger partial charge is 0.481 e. The van der Waals surface area contributed by atoms with Crippen LogP contribution in [0.15, 0.2) is 12.1 Å². The summed E-state index contributed by atoms with van der Waals surface area (Å²) in [6, 6.07) is 4.67. The molecule has 0 saturated heterocycles. The highest BCUT2D eigenvalue weighted by atomic mass is 16.5. The SMILES string of the molecule is COc1ccc2c(n1)N(C1CC1)CCN2. The first-order valence-electron chi connectivity index (χ1n) is 5.44. The van der Waals surface area contributed by atoms with E-state index in [0.717, 1.165) is 24.6 Å². The second-order valence-corrected chi connectivity index (χ2v) is 4.08. The Hall–Kier alpha value is -1.45. The summed E-state index contributed by atoms with van der Waals surface area (Å²) in [7, 11) is 1.66. The van der Waals surface area contributed by atoms with Crippen LogP contribution in [0, 0.1) is 0 Å². The van der Waals surface area contributed by atoms with E-state index in [1.54, 1.807) is 7.11 Å². The Kier molecular flexibility index (Phi) is 1.94. The molecule has 2 aliphatic rings. The van der Waals surface area contributed by atoms with Gasteiger partial charge in [-0.1, -0.05) is 0 Å². The fourth-order valence-electron chi connectivity index (χ4n) is 2.06. The summed E-state index contributed by atoms with van der Waals surface area (Å²) in [4.78, 5) is 6.91. The third-order valence-corrected chi connectivity index (χ3v) is 2.99. The lowest BCUT2D eigenvalue weighted by molar-refractivity contribution is 0.397. The maximum Gasteiger partial charge on any atom is 0.215 e. The predicted octanol–water partition coefficient (Wildman–Crippen LogP) is 1.48. The lowest BCUT2D eigenvalue weighted by atomic mass is 10.2. The Morgan fingerprint density at radius 2 is 2.33 bits per heavy atom. The van der Waals surface area contributed by atoms with Gasteiger partial charge in [-0.3, -0.25) is 0 Å². The molecule has 1 aliphatic heterocycles. The number of ether oxygens (including phenoxy) is 1. The monoisotopic (exact) mass is 205 g/mol. The smallest absolute Gasteiger partial charge is 0.215 e. The predicted molar refractivity (Wildman–Crippen MR) is 59.6 cm³/mol. The quantitative estimate of drug-likeness (QED) is 0.793. The molecule has 1 fully saturated rings. The van der Waals surface area contributed by atoms with Gasteiger partial charge in [0, 0.05) is 25.2 Å². The van der Waals surface area contributed by atoms with Crippen molar-refractivity contribution in [3.63, 3.8) is 0 Å². The molecule has 0 atom stereocenters. The molecule has 1 N–H and O–H groups in total. The summed E-state index contributed by atoms with van der Waals surface area (Å²) in [5.41, 5.74) is 1.13. The van der Waals surface area contributed by atoms with E-state index in [-0.39, 0.29) is 0 Å². The molecular formula is C11H15N3O. The molecule has 1 aliphatic carbocycles. The van der Waals surface area contributed by atoms with Crippen LogP contribution in [-0.4, -0.2) is 31.2 Å². The Labute approximate surface area is 89.3 Å².